The van der Waals surface area contributed by atoms with Gasteiger partial charge in [0.15, 0.2) is 0 Å². The van der Waals surface area contributed by atoms with Gasteiger partial charge in [0.1, 0.15) is 11.5 Å². The average molecular weight is 210 g/mol. The molecule has 15 heavy (non-hydrogen) atoms. The van der Waals surface area contributed by atoms with Gasteiger partial charge < -0.3 is 21.3 Å². The number of phenols is 1. The molecule has 0 saturated heterocycles. The molecule has 0 aliphatic rings. The number of phenolic OH excluding ortho intramolecular Hbond substituents is 1. The third-order valence-corrected chi connectivity index (χ3v) is 2.59. The van der Waals surface area contributed by atoms with Crippen LogP contribution in [0.1, 0.15) is 22.7 Å². The second-order valence-electron chi connectivity index (χ2n) is 3.63. The van der Waals surface area contributed by atoms with E-state index in [1.165, 1.54) is 0 Å². The van der Waals surface area contributed by atoms with Crippen molar-refractivity contribution in [3.05, 3.63) is 22.8 Å². The van der Waals surface area contributed by atoms with Crippen LogP contribution >= 0.6 is 0 Å². The lowest BCUT2D eigenvalue weighted by Crippen LogP contribution is -2.22. The number of hydrogen-bond acceptors (Lipinski definition) is 4. The molecule has 0 heterocycles. The minimum atomic E-state index is -0.362. The molecule has 0 bridgehead atoms. The van der Waals surface area contributed by atoms with Crippen molar-refractivity contribution >= 4 is 0 Å². The van der Waals surface area contributed by atoms with Gasteiger partial charge in [-0.1, -0.05) is 0 Å². The summed E-state index contributed by atoms with van der Waals surface area (Å²) in [6.07, 6.45) is 0. The maximum Gasteiger partial charge on any atom is 0.123 e. The maximum atomic E-state index is 9.91. The molecule has 4 nitrogen and oxygen atoms in total. The molecule has 5 N–H and O–H groups in total. The van der Waals surface area contributed by atoms with E-state index in [1.54, 1.807) is 13.2 Å². The van der Waals surface area contributed by atoms with Crippen LogP contribution in [-0.4, -0.2) is 18.8 Å². The van der Waals surface area contributed by atoms with E-state index in [-0.39, 0.29) is 11.8 Å². The standard InChI is InChI=1S/C11H18N2O2/c1-6-4-9(15-3)7(2)10(11(6)14)8(13)5-12/h4,8,14H,5,12-13H2,1-3H3/t8-/m0/s1. The van der Waals surface area contributed by atoms with E-state index in [0.29, 0.717) is 12.1 Å². The molecule has 1 rings (SSSR count). The van der Waals surface area contributed by atoms with Crippen molar-refractivity contribution in [2.75, 3.05) is 13.7 Å². The first-order valence-electron chi connectivity index (χ1n) is 4.85. The topological polar surface area (TPSA) is 81.5 Å². The molecule has 0 amide bonds. The normalized spacial score (nSPS) is 12.6. The summed E-state index contributed by atoms with van der Waals surface area (Å²) >= 11 is 0. The lowest BCUT2D eigenvalue weighted by atomic mass is 9.97. The van der Waals surface area contributed by atoms with Crippen LogP contribution < -0.4 is 16.2 Å². The summed E-state index contributed by atoms with van der Waals surface area (Å²) in [6, 6.07) is 1.43. The molecular weight excluding hydrogens is 192 g/mol. The van der Waals surface area contributed by atoms with Crippen molar-refractivity contribution in [1.29, 1.82) is 0 Å². The molecule has 0 saturated carbocycles. The van der Waals surface area contributed by atoms with Gasteiger partial charge in [-0.3, -0.25) is 0 Å². The Balaban J connectivity index is 3.40. The molecule has 0 unspecified atom stereocenters. The number of aryl methyl sites for hydroxylation is 1. The predicted octanol–water partition coefficient (Wildman–Crippen LogP) is 0.976. The minimum absolute atomic E-state index is 0.214. The van der Waals surface area contributed by atoms with Crippen molar-refractivity contribution < 1.29 is 9.84 Å². The fourth-order valence-corrected chi connectivity index (χ4v) is 1.68. The first kappa shape index (κ1) is 11.8. The van der Waals surface area contributed by atoms with Crippen LogP contribution in [0.5, 0.6) is 11.5 Å². The van der Waals surface area contributed by atoms with Gasteiger partial charge in [0, 0.05) is 18.2 Å². The highest BCUT2D eigenvalue weighted by molar-refractivity contribution is 5.53. The van der Waals surface area contributed by atoms with Crippen LogP contribution in [-0.2, 0) is 0 Å². The lowest BCUT2D eigenvalue weighted by Gasteiger charge is -2.18. The van der Waals surface area contributed by atoms with E-state index in [9.17, 15) is 5.11 Å². The molecule has 84 valence electrons. The Hall–Kier alpha value is -1.26. The van der Waals surface area contributed by atoms with E-state index in [4.69, 9.17) is 16.2 Å². The van der Waals surface area contributed by atoms with Crippen molar-refractivity contribution in [3.8, 4) is 11.5 Å². The second-order valence-corrected chi connectivity index (χ2v) is 3.63. The van der Waals surface area contributed by atoms with Crippen LogP contribution in [0.4, 0.5) is 0 Å². The number of nitrogens with two attached hydrogens (primary N) is 2. The van der Waals surface area contributed by atoms with Crippen LogP contribution in [0.2, 0.25) is 0 Å². The van der Waals surface area contributed by atoms with Crippen LogP contribution in [0.15, 0.2) is 6.07 Å². The Bertz CT molecular complexity index is 364. The van der Waals surface area contributed by atoms with Crippen LogP contribution in [0.25, 0.3) is 0 Å². The van der Waals surface area contributed by atoms with E-state index < -0.39 is 0 Å². The Kier molecular flexibility index (Phi) is 3.55. The zero-order valence-electron chi connectivity index (χ0n) is 9.37. The van der Waals surface area contributed by atoms with E-state index in [0.717, 1.165) is 16.9 Å². The number of benzene rings is 1. The highest BCUT2D eigenvalue weighted by Crippen LogP contribution is 2.35. The Morgan fingerprint density at radius 1 is 1.47 bits per heavy atom. The molecule has 1 aromatic carbocycles. The summed E-state index contributed by atoms with van der Waals surface area (Å²) in [7, 11) is 1.59. The van der Waals surface area contributed by atoms with Gasteiger partial charge in [-0.05, 0) is 31.0 Å². The monoisotopic (exact) mass is 210 g/mol. The van der Waals surface area contributed by atoms with Crippen molar-refractivity contribution in [2.45, 2.75) is 19.9 Å². The van der Waals surface area contributed by atoms with Gasteiger partial charge in [-0.15, -0.1) is 0 Å². The Labute approximate surface area is 89.8 Å². The zero-order chi connectivity index (χ0) is 11.6. The maximum absolute atomic E-state index is 9.91. The third kappa shape index (κ3) is 2.06. The highest BCUT2D eigenvalue weighted by atomic mass is 16.5. The minimum Gasteiger partial charge on any atom is -0.507 e. The molecule has 4 heteroatoms. The number of ether oxygens (including phenoxy) is 1. The van der Waals surface area contributed by atoms with Gasteiger partial charge in [0.2, 0.25) is 0 Å². The summed E-state index contributed by atoms with van der Waals surface area (Å²) in [5.74, 6) is 0.940. The smallest absolute Gasteiger partial charge is 0.123 e. The molecule has 0 spiro atoms. The van der Waals surface area contributed by atoms with E-state index in [1.807, 2.05) is 13.8 Å². The summed E-state index contributed by atoms with van der Waals surface area (Å²) in [6.45, 7) is 3.97. The summed E-state index contributed by atoms with van der Waals surface area (Å²) in [5.41, 5.74) is 13.6. The summed E-state index contributed by atoms with van der Waals surface area (Å²) < 4.78 is 5.21. The van der Waals surface area contributed by atoms with Gasteiger partial charge in [0.05, 0.1) is 7.11 Å². The predicted molar refractivity (Wildman–Crippen MR) is 60.1 cm³/mol. The SMILES string of the molecule is COc1cc(C)c(O)c([C@@H](N)CN)c1C. The third-order valence-electron chi connectivity index (χ3n) is 2.59. The van der Waals surface area contributed by atoms with Crippen molar-refractivity contribution in [1.82, 2.24) is 0 Å². The summed E-state index contributed by atoms with van der Waals surface area (Å²) in [5, 5.41) is 9.91. The molecule has 0 aliphatic heterocycles. The van der Waals surface area contributed by atoms with Gasteiger partial charge in [-0.2, -0.15) is 0 Å². The van der Waals surface area contributed by atoms with Crippen LogP contribution in [0.3, 0.4) is 0 Å². The van der Waals surface area contributed by atoms with E-state index >= 15 is 0 Å². The molecule has 0 aliphatic carbocycles. The van der Waals surface area contributed by atoms with Crippen LogP contribution in [0, 0.1) is 13.8 Å². The van der Waals surface area contributed by atoms with Gasteiger partial charge in [0.25, 0.3) is 0 Å². The quantitative estimate of drug-likeness (QED) is 0.694. The fourth-order valence-electron chi connectivity index (χ4n) is 1.68. The average Bonchev–Trinajstić information content (AvgIpc) is 2.23. The largest absolute Gasteiger partial charge is 0.507 e. The van der Waals surface area contributed by atoms with Crippen molar-refractivity contribution in [2.24, 2.45) is 11.5 Å². The molecule has 0 aromatic heterocycles. The molecular formula is C11H18N2O2. The second kappa shape index (κ2) is 4.51. The summed E-state index contributed by atoms with van der Waals surface area (Å²) in [4.78, 5) is 0. The molecule has 1 atom stereocenters. The van der Waals surface area contributed by atoms with Gasteiger partial charge in [-0.25, -0.2) is 0 Å². The Morgan fingerprint density at radius 2 is 2.07 bits per heavy atom. The lowest BCUT2D eigenvalue weighted by molar-refractivity contribution is 0.404. The number of aromatic hydroxyl groups is 1. The molecule has 1 aromatic rings. The van der Waals surface area contributed by atoms with Gasteiger partial charge >= 0.3 is 0 Å². The number of methoxy groups -OCH3 is 1. The first-order valence-corrected chi connectivity index (χ1v) is 4.85. The first-order chi connectivity index (χ1) is 7.02. The van der Waals surface area contributed by atoms with Crippen molar-refractivity contribution in [3.63, 3.8) is 0 Å². The fraction of sp³-hybridized carbons (Fsp3) is 0.455. The number of hydrogen-bond donors (Lipinski definition) is 3. The molecule has 0 radical (unpaired) electrons. The zero-order valence-corrected chi connectivity index (χ0v) is 9.37. The molecule has 0 fully saturated rings. The Morgan fingerprint density at radius 3 is 2.53 bits per heavy atom. The number of rotatable bonds is 3. The van der Waals surface area contributed by atoms with E-state index in [2.05, 4.69) is 0 Å². The highest BCUT2D eigenvalue weighted by Gasteiger charge is 2.17.